The quantitative estimate of drug-likeness (QED) is 0.587. The van der Waals surface area contributed by atoms with Crippen LogP contribution in [0.3, 0.4) is 0 Å². The third-order valence-electron chi connectivity index (χ3n) is 6.17. The normalized spacial score (nSPS) is 38.3. The number of hydrogen-bond donors (Lipinski definition) is 1. The SMILES string of the molecule is CCN(C(=O)OC(C)(C)C)C1=N[C@@H]2[C@H]3OC(C)(OC)C(C)(OC)O[C@@H]3[C@@H](C(O)C(F)(F)F)O[C@@H]2S1. The lowest BCUT2D eigenvalue weighted by Gasteiger charge is -2.56. The Balaban J connectivity index is 1.99. The number of carbonyl (C=O) groups excluding carboxylic acids is 1. The molecule has 3 rings (SSSR count). The summed E-state index contributed by atoms with van der Waals surface area (Å²) in [6.07, 6.45) is -12.9. The Kier molecular flexibility index (Phi) is 7.81. The van der Waals surface area contributed by atoms with E-state index in [1.165, 1.54) is 33.0 Å². The van der Waals surface area contributed by atoms with Crippen molar-refractivity contribution in [3.8, 4) is 0 Å². The first-order valence-corrected chi connectivity index (χ1v) is 12.0. The first-order valence-electron chi connectivity index (χ1n) is 11.1. The largest absolute Gasteiger partial charge is 0.443 e. The van der Waals surface area contributed by atoms with Gasteiger partial charge in [-0.25, -0.2) is 4.79 Å². The maximum absolute atomic E-state index is 13.6. The smallest absolute Gasteiger partial charge is 0.417 e. The van der Waals surface area contributed by atoms with E-state index >= 15 is 0 Å². The highest BCUT2D eigenvalue weighted by Crippen LogP contribution is 2.49. The lowest BCUT2D eigenvalue weighted by Crippen LogP contribution is -2.73. The van der Waals surface area contributed by atoms with Gasteiger partial charge in [0, 0.05) is 20.8 Å². The molecule has 3 aliphatic rings. The highest BCUT2D eigenvalue weighted by atomic mass is 32.2. The van der Waals surface area contributed by atoms with Gasteiger partial charge in [-0.3, -0.25) is 9.89 Å². The minimum atomic E-state index is -4.99. The number of alkyl halides is 3. The second kappa shape index (κ2) is 9.62. The number of aliphatic imine (C=N–C) groups is 1. The van der Waals surface area contributed by atoms with Crippen molar-refractivity contribution < 1.29 is 51.5 Å². The molecule has 2 fully saturated rings. The van der Waals surface area contributed by atoms with Crippen molar-refractivity contribution in [3.63, 3.8) is 0 Å². The molecule has 10 nitrogen and oxygen atoms in total. The number of ether oxygens (including phenoxy) is 6. The van der Waals surface area contributed by atoms with Crippen LogP contribution in [0.5, 0.6) is 0 Å². The van der Waals surface area contributed by atoms with Gasteiger partial charge in [0.15, 0.2) is 11.3 Å². The van der Waals surface area contributed by atoms with Crippen LogP contribution in [0.15, 0.2) is 4.99 Å². The fourth-order valence-corrected chi connectivity index (χ4v) is 5.31. The molecule has 14 heteroatoms. The molecule has 1 amide bonds. The van der Waals surface area contributed by atoms with E-state index < -0.39 is 65.3 Å². The minimum absolute atomic E-state index is 0.192. The van der Waals surface area contributed by atoms with Crippen molar-refractivity contribution in [2.75, 3.05) is 20.8 Å². The Morgan fingerprint density at radius 1 is 1.17 bits per heavy atom. The summed E-state index contributed by atoms with van der Waals surface area (Å²) in [6.45, 7) is 10.0. The van der Waals surface area contributed by atoms with Gasteiger partial charge in [0.05, 0.1) is 0 Å². The fourth-order valence-electron chi connectivity index (χ4n) is 4.05. The second-order valence-corrected chi connectivity index (χ2v) is 10.7. The molecule has 1 N–H and O–H groups in total. The van der Waals surface area contributed by atoms with Crippen LogP contribution >= 0.6 is 11.8 Å². The van der Waals surface area contributed by atoms with E-state index in [1.54, 1.807) is 27.7 Å². The molecule has 0 saturated carbocycles. The number of hydrogen-bond acceptors (Lipinski definition) is 10. The monoisotopic (exact) mass is 530 g/mol. The standard InChI is InChI=1S/C21H33F3N2O8S/c1-9-26(17(28)34-18(2,3)4)16-25-10-11-12(33-20(6,30-8)19(5,29-7)32-11)13(31-15(10)35-16)14(27)21(22,23)24/h10-15,27H,9H2,1-8H3/t10-,11-,12+,13+,14?,15-,19?,20?/m1/s1. The zero-order valence-corrected chi connectivity index (χ0v) is 21.7. The number of fused-ring (bicyclic) bond motifs is 3. The molecular weight excluding hydrogens is 497 g/mol. The van der Waals surface area contributed by atoms with Crippen LogP contribution in [0, 0.1) is 0 Å². The van der Waals surface area contributed by atoms with Crippen LogP contribution in [-0.4, -0.2) is 101 Å². The molecule has 0 radical (unpaired) electrons. The molecule has 0 aromatic rings. The van der Waals surface area contributed by atoms with Crippen molar-refractivity contribution in [2.45, 2.75) is 101 Å². The number of rotatable bonds is 4. The summed E-state index contributed by atoms with van der Waals surface area (Å²) >= 11 is 0.949. The summed E-state index contributed by atoms with van der Waals surface area (Å²) in [7, 11) is 2.64. The van der Waals surface area contributed by atoms with Gasteiger partial charge in [-0.2, -0.15) is 13.2 Å². The van der Waals surface area contributed by atoms with Crippen LogP contribution in [0.2, 0.25) is 0 Å². The number of aliphatic hydroxyl groups is 1. The van der Waals surface area contributed by atoms with Crippen LogP contribution in [0.4, 0.5) is 18.0 Å². The van der Waals surface area contributed by atoms with Crippen molar-refractivity contribution in [2.24, 2.45) is 4.99 Å². The maximum Gasteiger partial charge on any atom is 0.417 e. The van der Waals surface area contributed by atoms with Crippen molar-refractivity contribution in [1.82, 2.24) is 4.90 Å². The van der Waals surface area contributed by atoms with Gasteiger partial charge in [-0.1, -0.05) is 11.8 Å². The second-order valence-electron chi connectivity index (χ2n) is 9.66. The van der Waals surface area contributed by atoms with Gasteiger partial charge in [0.1, 0.15) is 35.4 Å². The molecule has 0 spiro atoms. The molecule has 35 heavy (non-hydrogen) atoms. The Labute approximate surface area is 206 Å². The average molecular weight is 531 g/mol. The van der Waals surface area contributed by atoms with Gasteiger partial charge >= 0.3 is 12.3 Å². The van der Waals surface area contributed by atoms with Gasteiger partial charge in [0.2, 0.25) is 11.6 Å². The molecule has 202 valence electrons. The van der Waals surface area contributed by atoms with E-state index in [9.17, 15) is 23.1 Å². The molecule has 3 aliphatic heterocycles. The molecule has 0 aromatic carbocycles. The Morgan fingerprint density at radius 2 is 1.71 bits per heavy atom. The molecule has 3 heterocycles. The first kappa shape index (κ1) is 28.4. The fraction of sp³-hybridized carbons (Fsp3) is 0.905. The van der Waals surface area contributed by atoms with Crippen LogP contribution in [0.25, 0.3) is 0 Å². The molecule has 0 bridgehead atoms. The van der Waals surface area contributed by atoms with E-state index in [0.717, 1.165) is 11.8 Å². The van der Waals surface area contributed by atoms with Crippen molar-refractivity contribution >= 4 is 23.0 Å². The summed E-state index contributed by atoms with van der Waals surface area (Å²) in [6, 6.07) is -0.871. The summed E-state index contributed by atoms with van der Waals surface area (Å²) in [5.74, 6) is -3.16. The Bertz CT molecular complexity index is 840. The van der Waals surface area contributed by atoms with E-state index in [0.29, 0.717) is 0 Å². The number of amides is 1. The van der Waals surface area contributed by atoms with Crippen LogP contribution in [-0.2, 0) is 28.4 Å². The topological polar surface area (TPSA) is 108 Å². The van der Waals surface area contributed by atoms with E-state index in [2.05, 4.69) is 4.99 Å². The van der Waals surface area contributed by atoms with E-state index in [-0.39, 0.29) is 11.7 Å². The summed E-state index contributed by atoms with van der Waals surface area (Å²) in [5.41, 5.74) is -1.77. The predicted octanol–water partition coefficient (Wildman–Crippen LogP) is 2.87. The van der Waals surface area contributed by atoms with Crippen LogP contribution < -0.4 is 0 Å². The van der Waals surface area contributed by atoms with Gasteiger partial charge < -0.3 is 33.5 Å². The summed E-state index contributed by atoms with van der Waals surface area (Å²) in [5, 5.41) is 10.3. The first-order chi connectivity index (χ1) is 16.0. The third kappa shape index (κ3) is 5.29. The number of thioether (sulfide) groups is 1. The Hall–Kier alpha value is -1.16. The minimum Gasteiger partial charge on any atom is -0.443 e. The van der Waals surface area contributed by atoms with E-state index in [1.807, 2.05) is 0 Å². The number of carbonyl (C=O) groups is 1. The number of nitrogens with zero attached hydrogens (tertiary/aromatic N) is 2. The highest BCUT2D eigenvalue weighted by molar-refractivity contribution is 8.14. The van der Waals surface area contributed by atoms with Gasteiger partial charge in [-0.15, -0.1) is 0 Å². The molecule has 3 unspecified atom stereocenters. The molecule has 0 aromatic heterocycles. The molecule has 2 saturated heterocycles. The lowest BCUT2D eigenvalue weighted by atomic mass is 9.90. The number of methoxy groups -OCH3 is 2. The maximum atomic E-state index is 13.6. The third-order valence-corrected chi connectivity index (χ3v) is 7.33. The number of halogens is 3. The zero-order chi connectivity index (χ0) is 26.6. The summed E-state index contributed by atoms with van der Waals surface area (Å²) in [4.78, 5) is 18.6. The molecule has 8 atom stereocenters. The predicted molar refractivity (Wildman–Crippen MR) is 119 cm³/mol. The lowest BCUT2D eigenvalue weighted by molar-refractivity contribution is -0.467. The van der Waals surface area contributed by atoms with Gasteiger partial charge in [0.25, 0.3) is 0 Å². The zero-order valence-electron chi connectivity index (χ0n) is 20.9. The Morgan fingerprint density at radius 3 is 2.17 bits per heavy atom. The molecule has 0 aliphatic carbocycles. The van der Waals surface area contributed by atoms with E-state index in [4.69, 9.17) is 28.4 Å². The molecular formula is C21H33F3N2O8S. The van der Waals surface area contributed by atoms with Gasteiger partial charge in [-0.05, 0) is 41.5 Å². The summed E-state index contributed by atoms with van der Waals surface area (Å²) < 4.78 is 74.9. The number of amidine groups is 1. The average Bonchev–Trinajstić information content (AvgIpc) is 3.16. The van der Waals surface area contributed by atoms with Crippen molar-refractivity contribution in [1.29, 1.82) is 0 Å². The van der Waals surface area contributed by atoms with Crippen molar-refractivity contribution in [3.05, 3.63) is 0 Å². The van der Waals surface area contributed by atoms with Crippen LogP contribution in [0.1, 0.15) is 41.5 Å². The highest BCUT2D eigenvalue weighted by Gasteiger charge is 2.66. The number of aliphatic hydroxyl groups excluding tert-OH is 1.